The second-order valence-corrected chi connectivity index (χ2v) is 5.36. The maximum atomic E-state index is 12.1. The molecule has 1 N–H and O–H groups in total. The average Bonchev–Trinajstić information content (AvgIpc) is 2.93. The minimum Gasteiger partial charge on any atom is -0.469 e. The number of rotatable bonds is 3. The van der Waals surface area contributed by atoms with Crippen LogP contribution in [0.5, 0.6) is 0 Å². The van der Waals surface area contributed by atoms with Crippen LogP contribution in [0.2, 0.25) is 0 Å². The Morgan fingerprint density at radius 1 is 1.39 bits per heavy atom. The van der Waals surface area contributed by atoms with E-state index in [0.29, 0.717) is 12.0 Å². The molecular formula is C18H18N2O3. The third-order valence-electron chi connectivity index (χ3n) is 4.03. The maximum Gasteiger partial charge on any atom is 0.336 e. The molecule has 0 bridgehead atoms. The van der Waals surface area contributed by atoms with Crippen LogP contribution in [-0.4, -0.2) is 18.1 Å². The number of ether oxygens (including phenoxy) is 1. The summed E-state index contributed by atoms with van der Waals surface area (Å²) < 4.78 is 10.4. The molecule has 2 aromatic rings. The van der Waals surface area contributed by atoms with Gasteiger partial charge < -0.3 is 14.5 Å². The molecule has 1 aliphatic heterocycles. The van der Waals surface area contributed by atoms with Gasteiger partial charge in [-0.3, -0.25) is 4.98 Å². The van der Waals surface area contributed by atoms with E-state index >= 15 is 0 Å². The summed E-state index contributed by atoms with van der Waals surface area (Å²) in [6, 6.07) is 3.75. The van der Waals surface area contributed by atoms with E-state index in [4.69, 9.17) is 9.15 Å². The number of nitrogens with one attached hydrogen (secondary N) is 1. The van der Waals surface area contributed by atoms with E-state index < -0.39 is 0 Å². The standard InChI is InChI=1S/C18H18N2O3/c1-11-12(2)23-10-15(11)16-7-6-14(18(21)22-3)17(20-16)13-5-4-8-19-9-13/h4-5,7-10,20H,6H2,1-3H3. The number of carbonyl (C=O) groups excluding carboxylic acids is 1. The van der Waals surface area contributed by atoms with Gasteiger partial charge in [0.2, 0.25) is 0 Å². The van der Waals surface area contributed by atoms with E-state index in [2.05, 4.69) is 10.3 Å². The molecule has 0 radical (unpaired) electrons. The minimum absolute atomic E-state index is 0.341. The van der Waals surface area contributed by atoms with E-state index in [9.17, 15) is 4.79 Å². The second-order valence-electron chi connectivity index (χ2n) is 5.36. The third-order valence-corrected chi connectivity index (χ3v) is 4.03. The molecule has 2 aromatic heterocycles. The zero-order chi connectivity index (χ0) is 16.4. The summed E-state index contributed by atoms with van der Waals surface area (Å²) in [4.78, 5) is 16.2. The van der Waals surface area contributed by atoms with Crippen molar-refractivity contribution in [3.8, 4) is 0 Å². The monoisotopic (exact) mass is 310 g/mol. The number of allylic oxidation sites excluding steroid dienone is 1. The Balaban J connectivity index is 2.02. The zero-order valence-electron chi connectivity index (χ0n) is 13.3. The normalized spacial score (nSPS) is 14.3. The summed E-state index contributed by atoms with van der Waals surface area (Å²) in [6.45, 7) is 3.94. The molecule has 0 saturated carbocycles. The molecule has 1 aliphatic rings. The van der Waals surface area contributed by atoms with E-state index in [1.165, 1.54) is 7.11 Å². The van der Waals surface area contributed by atoms with Gasteiger partial charge in [-0.15, -0.1) is 0 Å². The Morgan fingerprint density at radius 2 is 2.22 bits per heavy atom. The molecule has 0 unspecified atom stereocenters. The van der Waals surface area contributed by atoms with Gasteiger partial charge in [-0.1, -0.05) is 6.08 Å². The molecule has 5 heteroatoms. The number of methoxy groups -OCH3 is 1. The fourth-order valence-electron chi connectivity index (χ4n) is 2.59. The number of carbonyl (C=O) groups is 1. The topological polar surface area (TPSA) is 64.4 Å². The van der Waals surface area contributed by atoms with Crippen LogP contribution < -0.4 is 5.32 Å². The summed E-state index contributed by atoms with van der Waals surface area (Å²) in [7, 11) is 1.39. The fraction of sp³-hybridized carbons (Fsp3) is 0.222. The molecule has 0 aliphatic carbocycles. The predicted octanol–water partition coefficient (Wildman–Crippen LogP) is 3.21. The highest BCUT2D eigenvalue weighted by Gasteiger charge is 2.23. The van der Waals surface area contributed by atoms with E-state index in [1.807, 2.05) is 32.1 Å². The van der Waals surface area contributed by atoms with Crippen LogP contribution in [0.3, 0.4) is 0 Å². The van der Waals surface area contributed by atoms with E-state index in [1.54, 1.807) is 18.7 Å². The van der Waals surface area contributed by atoms with Crippen molar-refractivity contribution < 1.29 is 13.9 Å². The van der Waals surface area contributed by atoms with Crippen molar-refractivity contribution in [2.24, 2.45) is 0 Å². The van der Waals surface area contributed by atoms with Gasteiger partial charge in [0.1, 0.15) is 12.0 Å². The molecule has 0 amide bonds. The van der Waals surface area contributed by atoms with Gasteiger partial charge in [0.25, 0.3) is 0 Å². The van der Waals surface area contributed by atoms with Gasteiger partial charge >= 0.3 is 5.97 Å². The highest BCUT2D eigenvalue weighted by molar-refractivity contribution is 6.00. The van der Waals surface area contributed by atoms with Crippen molar-refractivity contribution in [3.05, 3.63) is 64.9 Å². The van der Waals surface area contributed by atoms with E-state index in [0.717, 1.165) is 33.8 Å². The lowest BCUT2D eigenvalue weighted by Gasteiger charge is -2.22. The first-order valence-corrected chi connectivity index (χ1v) is 7.36. The Bertz CT molecular complexity index is 801. The quantitative estimate of drug-likeness (QED) is 0.882. The first-order chi connectivity index (χ1) is 11.1. The molecule has 0 fully saturated rings. The first kappa shape index (κ1) is 15.1. The Morgan fingerprint density at radius 3 is 2.83 bits per heavy atom. The molecule has 3 rings (SSSR count). The number of hydrogen-bond donors (Lipinski definition) is 1. The number of hydrogen-bond acceptors (Lipinski definition) is 5. The van der Waals surface area contributed by atoms with Crippen LogP contribution in [0, 0.1) is 13.8 Å². The van der Waals surface area contributed by atoms with Crippen molar-refractivity contribution in [1.29, 1.82) is 0 Å². The Kier molecular flexibility index (Phi) is 4.02. The van der Waals surface area contributed by atoms with Crippen molar-refractivity contribution in [1.82, 2.24) is 10.3 Å². The van der Waals surface area contributed by atoms with Crippen LogP contribution in [0.25, 0.3) is 11.4 Å². The van der Waals surface area contributed by atoms with Gasteiger partial charge in [-0.05, 0) is 31.5 Å². The second kappa shape index (κ2) is 6.12. The van der Waals surface area contributed by atoms with Gasteiger partial charge in [0.15, 0.2) is 0 Å². The Hall–Kier alpha value is -2.82. The molecule has 0 saturated heterocycles. The zero-order valence-corrected chi connectivity index (χ0v) is 13.3. The van der Waals surface area contributed by atoms with Gasteiger partial charge in [-0.2, -0.15) is 0 Å². The maximum absolute atomic E-state index is 12.1. The van der Waals surface area contributed by atoms with Gasteiger partial charge in [-0.25, -0.2) is 4.79 Å². The fourth-order valence-corrected chi connectivity index (χ4v) is 2.59. The molecule has 0 atom stereocenters. The van der Waals surface area contributed by atoms with Crippen LogP contribution in [-0.2, 0) is 9.53 Å². The predicted molar refractivity (Wildman–Crippen MR) is 87.1 cm³/mol. The highest BCUT2D eigenvalue weighted by Crippen LogP contribution is 2.31. The number of esters is 1. The van der Waals surface area contributed by atoms with Gasteiger partial charge in [0, 0.05) is 35.6 Å². The molecule has 3 heterocycles. The number of nitrogens with zero attached hydrogens (tertiary/aromatic N) is 1. The summed E-state index contributed by atoms with van der Waals surface area (Å²) >= 11 is 0. The lowest BCUT2D eigenvalue weighted by molar-refractivity contribution is -0.136. The summed E-state index contributed by atoms with van der Waals surface area (Å²) in [5, 5.41) is 3.35. The van der Waals surface area contributed by atoms with E-state index in [-0.39, 0.29) is 5.97 Å². The SMILES string of the molecule is COC(=O)C1=C(c2cccnc2)NC(c2coc(C)c2C)=CC1. The van der Waals surface area contributed by atoms with Crippen LogP contribution in [0.4, 0.5) is 0 Å². The molecule has 23 heavy (non-hydrogen) atoms. The number of furan rings is 1. The number of pyridine rings is 1. The van der Waals surface area contributed by atoms with Crippen LogP contribution >= 0.6 is 0 Å². The summed E-state index contributed by atoms with van der Waals surface area (Å²) in [5.41, 5.74) is 5.15. The number of aryl methyl sites for hydroxylation is 1. The van der Waals surface area contributed by atoms with Gasteiger partial charge in [0.05, 0.1) is 18.4 Å². The van der Waals surface area contributed by atoms with Crippen molar-refractivity contribution in [3.63, 3.8) is 0 Å². The molecule has 0 spiro atoms. The lowest BCUT2D eigenvalue weighted by Crippen LogP contribution is -2.21. The lowest BCUT2D eigenvalue weighted by atomic mass is 9.98. The molecule has 5 nitrogen and oxygen atoms in total. The Labute approximate surface area is 134 Å². The van der Waals surface area contributed by atoms with Crippen molar-refractivity contribution in [2.45, 2.75) is 20.3 Å². The smallest absolute Gasteiger partial charge is 0.336 e. The number of aromatic nitrogens is 1. The largest absolute Gasteiger partial charge is 0.469 e. The molecular weight excluding hydrogens is 292 g/mol. The van der Waals surface area contributed by atoms with Crippen LogP contribution in [0.15, 0.2) is 46.9 Å². The van der Waals surface area contributed by atoms with Crippen molar-refractivity contribution >= 4 is 17.4 Å². The minimum atomic E-state index is -0.341. The average molecular weight is 310 g/mol. The highest BCUT2D eigenvalue weighted by atomic mass is 16.5. The van der Waals surface area contributed by atoms with Crippen LogP contribution in [0.1, 0.15) is 28.9 Å². The molecule has 0 aromatic carbocycles. The molecule has 118 valence electrons. The third kappa shape index (κ3) is 2.77. The summed E-state index contributed by atoms with van der Waals surface area (Å²) in [6.07, 6.45) is 7.62. The number of dihydropyridines is 1. The summed E-state index contributed by atoms with van der Waals surface area (Å²) in [5.74, 6) is 0.542. The van der Waals surface area contributed by atoms with Crippen molar-refractivity contribution in [2.75, 3.05) is 7.11 Å². The first-order valence-electron chi connectivity index (χ1n) is 7.36.